The molecule has 0 radical (unpaired) electrons. The zero-order valence-electron chi connectivity index (χ0n) is 10.7. The van der Waals surface area contributed by atoms with Gasteiger partial charge in [0.15, 0.2) is 0 Å². The Balaban J connectivity index is 1.55. The van der Waals surface area contributed by atoms with Gasteiger partial charge in [0, 0.05) is 24.3 Å². The van der Waals surface area contributed by atoms with Crippen LogP contribution in [0.5, 0.6) is 0 Å². The maximum absolute atomic E-state index is 13.4. The average Bonchev–Trinajstić information content (AvgIpc) is 2.25. The van der Waals surface area contributed by atoms with E-state index in [0.717, 1.165) is 5.56 Å². The van der Waals surface area contributed by atoms with Crippen molar-refractivity contribution >= 4 is 17.6 Å². The van der Waals surface area contributed by atoms with Crippen LogP contribution >= 0.6 is 11.6 Å². The molecule has 0 spiro atoms. The fourth-order valence-corrected chi connectivity index (χ4v) is 3.33. The van der Waals surface area contributed by atoms with E-state index in [2.05, 4.69) is 10.6 Å². The fraction of sp³-hybridized carbons (Fsp3) is 0.500. The summed E-state index contributed by atoms with van der Waals surface area (Å²) in [5, 5.41) is 6.37. The second-order valence-corrected chi connectivity index (χ2v) is 6.27. The number of carbonyl (C=O) groups excluding carboxylic acids is 1. The SMILES string of the molecule is C[C@H](NC(=O)NC12CC(F)(C1)C2)c1cccc(Cl)c1. The summed E-state index contributed by atoms with van der Waals surface area (Å²) in [6.07, 6.45) is 1.37. The van der Waals surface area contributed by atoms with Gasteiger partial charge in [0.05, 0.1) is 11.6 Å². The zero-order chi connectivity index (χ0) is 13.7. The Kier molecular flexibility index (Phi) is 2.75. The lowest BCUT2D eigenvalue weighted by Crippen LogP contribution is -2.77. The Bertz CT molecular complexity index is 514. The lowest BCUT2D eigenvalue weighted by Gasteiger charge is -2.65. The Hall–Kier alpha value is -1.29. The van der Waals surface area contributed by atoms with Gasteiger partial charge in [-0.05, 0) is 24.6 Å². The van der Waals surface area contributed by atoms with E-state index in [0.29, 0.717) is 24.3 Å². The van der Waals surface area contributed by atoms with E-state index in [1.54, 1.807) is 6.07 Å². The maximum atomic E-state index is 13.4. The Labute approximate surface area is 116 Å². The standard InChI is InChI=1S/C14H16ClFN2O/c1-9(10-3-2-4-11(15)5-10)17-12(19)18-14-6-13(16,7-14)8-14/h2-5,9H,6-8H2,1H3,(H2,17,18,19)/t9-,13?,14?/m0/s1. The molecule has 2 bridgehead atoms. The van der Waals surface area contributed by atoms with Crippen molar-refractivity contribution in [1.29, 1.82) is 0 Å². The lowest BCUT2D eigenvalue weighted by molar-refractivity contribution is -0.162. The molecule has 2 N–H and O–H groups in total. The highest BCUT2D eigenvalue weighted by atomic mass is 35.5. The molecule has 3 aliphatic rings. The van der Waals surface area contributed by atoms with Gasteiger partial charge in [0.1, 0.15) is 5.67 Å². The first kappa shape index (κ1) is 12.7. The minimum Gasteiger partial charge on any atom is -0.332 e. The van der Waals surface area contributed by atoms with E-state index in [-0.39, 0.29) is 17.6 Å². The van der Waals surface area contributed by atoms with Gasteiger partial charge in [-0.2, -0.15) is 0 Å². The van der Waals surface area contributed by atoms with Gasteiger partial charge in [0.2, 0.25) is 0 Å². The molecule has 3 nitrogen and oxygen atoms in total. The number of nitrogens with one attached hydrogen (secondary N) is 2. The third kappa shape index (κ3) is 2.29. The summed E-state index contributed by atoms with van der Waals surface area (Å²) < 4.78 is 13.4. The summed E-state index contributed by atoms with van der Waals surface area (Å²) in [6.45, 7) is 1.89. The van der Waals surface area contributed by atoms with Gasteiger partial charge >= 0.3 is 6.03 Å². The molecule has 3 fully saturated rings. The van der Waals surface area contributed by atoms with Crippen LogP contribution in [0, 0.1) is 0 Å². The van der Waals surface area contributed by atoms with E-state index in [1.807, 2.05) is 25.1 Å². The van der Waals surface area contributed by atoms with Gasteiger partial charge in [0.25, 0.3) is 0 Å². The molecular formula is C14H16ClFN2O. The summed E-state index contributed by atoms with van der Waals surface area (Å²) in [6, 6.07) is 7.00. The van der Waals surface area contributed by atoms with Gasteiger partial charge in [-0.25, -0.2) is 9.18 Å². The third-order valence-corrected chi connectivity index (χ3v) is 4.28. The van der Waals surface area contributed by atoms with Gasteiger partial charge < -0.3 is 10.6 Å². The summed E-state index contributed by atoms with van der Waals surface area (Å²) in [7, 11) is 0. The van der Waals surface area contributed by atoms with Crippen molar-refractivity contribution in [3.63, 3.8) is 0 Å². The summed E-state index contributed by atoms with van der Waals surface area (Å²) in [4.78, 5) is 11.9. The summed E-state index contributed by atoms with van der Waals surface area (Å²) in [5.41, 5.74) is -0.333. The number of halogens is 2. The van der Waals surface area contributed by atoms with Crippen LogP contribution in [0.4, 0.5) is 9.18 Å². The number of hydrogen-bond acceptors (Lipinski definition) is 1. The smallest absolute Gasteiger partial charge is 0.315 e. The molecule has 3 saturated carbocycles. The van der Waals surface area contributed by atoms with Gasteiger partial charge in [-0.1, -0.05) is 23.7 Å². The van der Waals surface area contributed by atoms with Crippen molar-refractivity contribution in [2.75, 3.05) is 0 Å². The number of hydrogen-bond donors (Lipinski definition) is 2. The number of alkyl halides is 1. The Morgan fingerprint density at radius 3 is 2.68 bits per heavy atom. The molecule has 0 aromatic heterocycles. The molecule has 102 valence electrons. The molecule has 0 saturated heterocycles. The van der Waals surface area contributed by atoms with Gasteiger partial charge in [-0.15, -0.1) is 0 Å². The molecule has 0 unspecified atom stereocenters. The normalized spacial score (nSPS) is 32.8. The van der Waals surface area contributed by atoms with Crippen LogP contribution in [0.2, 0.25) is 5.02 Å². The molecular weight excluding hydrogens is 267 g/mol. The van der Waals surface area contributed by atoms with Crippen molar-refractivity contribution in [2.24, 2.45) is 0 Å². The highest BCUT2D eigenvalue weighted by Gasteiger charge is 2.69. The molecule has 2 amide bonds. The molecule has 4 rings (SSSR count). The fourth-order valence-electron chi connectivity index (χ4n) is 3.13. The molecule has 1 aromatic rings. The van der Waals surface area contributed by atoms with Crippen molar-refractivity contribution < 1.29 is 9.18 Å². The van der Waals surface area contributed by atoms with Crippen molar-refractivity contribution in [3.05, 3.63) is 34.9 Å². The zero-order valence-corrected chi connectivity index (χ0v) is 11.4. The van der Waals surface area contributed by atoms with E-state index in [4.69, 9.17) is 11.6 Å². The maximum Gasteiger partial charge on any atom is 0.315 e. The second-order valence-electron chi connectivity index (χ2n) is 5.84. The second kappa shape index (κ2) is 4.10. The summed E-state index contributed by atoms with van der Waals surface area (Å²) >= 11 is 5.92. The van der Waals surface area contributed by atoms with Gasteiger partial charge in [-0.3, -0.25) is 0 Å². The minimum atomic E-state index is -0.994. The van der Waals surface area contributed by atoms with E-state index < -0.39 is 5.67 Å². The number of amides is 2. The molecule has 0 heterocycles. The number of carbonyl (C=O) groups is 1. The molecule has 19 heavy (non-hydrogen) atoms. The monoisotopic (exact) mass is 282 g/mol. The van der Waals surface area contributed by atoms with Crippen LogP contribution in [0.25, 0.3) is 0 Å². The van der Waals surface area contributed by atoms with Crippen molar-refractivity contribution in [2.45, 2.75) is 43.4 Å². The van der Waals surface area contributed by atoms with Crippen molar-refractivity contribution in [3.8, 4) is 0 Å². The highest BCUT2D eigenvalue weighted by molar-refractivity contribution is 6.30. The minimum absolute atomic E-state index is 0.134. The predicted octanol–water partition coefficient (Wildman–Crippen LogP) is 3.34. The number of rotatable bonds is 3. The van der Waals surface area contributed by atoms with E-state index in [1.165, 1.54) is 0 Å². The first-order valence-electron chi connectivity index (χ1n) is 6.43. The highest BCUT2D eigenvalue weighted by Crippen LogP contribution is 2.62. The van der Waals surface area contributed by atoms with Crippen LogP contribution in [0.15, 0.2) is 24.3 Å². The molecule has 0 aliphatic heterocycles. The first-order chi connectivity index (χ1) is 8.90. The Morgan fingerprint density at radius 2 is 2.11 bits per heavy atom. The average molecular weight is 283 g/mol. The van der Waals surface area contributed by atoms with Crippen LogP contribution < -0.4 is 10.6 Å². The summed E-state index contributed by atoms with van der Waals surface area (Å²) in [5.74, 6) is 0. The first-order valence-corrected chi connectivity index (χ1v) is 6.81. The van der Waals surface area contributed by atoms with Crippen LogP contribution in [0.3, 0.4) is 0 Å². The molecule has 1 atom stereocenters. The van der Waals surface area contributed by atoms with Crippen LogP contribution in [-0.4, -0.2) is 17.2 Å². The predicted molar refractivity (Wildman–Crippen MR) is 72.0 cm³/mol. The van der Waals surface area contributed by atoms with Crippen LogP contribution in [-0.2, 0) is 0 Å². The largest absolute Gasteiger partial charge is 0.332 e. The Morgan fingerprint density at radius 1 is 1.42 bits per heavy atom. The van der Waals surface area contributed by atoms with E-state index in [9.17, 15) is 9.18 Å². The quantitative estimate of drug-likeness (QED) is 0.877. The third-order valence-electron chi connectivity index (χ3n) is 4.04. The number of benzene rings is 1. The van der Waals surface area contributed by atoms with E-state index >= 15 is 0 Å². The number of urea groups is 1. The molecule has 3 aliphatic carbocycles. The van der Waals surface area contributed by atoms with Crippen molar-refractivity contribution in [1.82, 2.24) is 10.6 Å². The molecule has 1 aromatic carbocycles. The van der Waals surface area contributed by atoms with Crippen LogP contribution in [0.1, 0.15) is 37.8 Å². The lowest BCUT2D eigenvalue weighted by atomic mass is 9.47. The molecule has 5 heteroatoms. The topological polar surface area (TPSA) is 41.1 Å².